The predicted molar refractivity (Wildman–Crippen MR) is 98.7 cm³/mol. The summed E-state index contributed by atoms with van der Waals surface area (Å²) < 4.78 is 5.71. The molecule has 2 aromatic rings. The maximum Gasteiger partial charge on any atom is 0.122 e. The van der Waals surface area contributed by atoms with Crippen molar-refractivity contribution in [1.29, 1.82) is 0 Å². The Hall–Kier alpha value is -1.76. The third kappa shape index (κ3) is 2.29. The van der Waals surface area contributed by atoms with Crippen molar-refractivity contribution >= 4 is 0 Å². The summed E-state index contributed by atoms with van der Waals surface area (Å²) in [4.78, 5) is 0. The summed E-state index contributed by atoms with van der Waals surface area (Å²) >= 11 is 0. The number of hydrogen-bond donors (Lipinski definition) is 0. The lowest BCUT2D eigenvalue weighted by molar-refractivity contribution is 0.392. The van der Waals surface area contributed by atoms with E-state index in [1.807, 2.05) is 0 Å². The number of methoxy groups -OCH3 is 1. The van der Waals surface area contributed by atoms with Crippen LogP contribution in [0.25, 0.3) is 0 Å². The summed E-state index contributed by atoms with van der Waals surface area (Å²) in [6, 6.07) is 19.6. The average molecular weight is 318 g/mol. The summed E-state index contributed by atoms with van der Waals surface area (Å²) in [6.45, 7) is 4.82. The fourth-order valence-corrected chi connectivity index (χ4v) is 5.32. The topological polar surface area (TPSA) is 9.23 Å². The number of fused-ring (bicyclic) bond motifs is 1. The fourth-order valence-electron chi connectivity index (χ4n) is 5.32. The number of hydrogen-bond acceptors (Lipinski definition) is 1. The maximum absolute atomic E-state index is 5.71. The molecule has 2 radical (unpaired) electrons. The van der Waals surface area contributed by atoms with Crippen LogP contribution in [0.4, 0.5) is 0 Å². The Morgan fingerprint density at radius 3 is 2.17 bits per heavy atom. The molecule has 0 heterocycles. The van der Waals surface area contributed by atoms with E-state index in [0.29, 0.717) is 11.8 Å². The van der Waals surface area contributed by atoms with E-state index < -0.39 is 0 Å². The van der Waals surface area contributed by atoms with Crippen LogP contribution < -0.4 is 4.74 Å². The van der Waals surface area contributed by atoms with Crippen LogP contribution in [0.1, 0.15) is 44.2 Å². The average Bonchev–Trinajstić information content (AvgIpc) is 3.12. The molecule has 1 nitrogen and oxygen atoms in total. The first-order valence-electron chi connectivity index (χ1n) is 9.08. The van der Waals surface area contributed by atoms with Crippen LogP contribution in [-0.4, -0.2) is 7.11 Å². The lowest BCUT2D eigenvalue weighted by Gasteiger charge is -2.35. The van der Waals surface area contributed by atoms with Gasteiger partial charge < -0.3 is 4.74 Å². The van der Waals surface area contributed by atoms with E-state index in [0.717, 1.165) is 5.75 Å². The van der Waals surface area contributed by atoms with E-state index in [1.54, 1.807) is 18.9 Å². The number of benzene rings is 2. The van der Waals surface area contributed by atoms with Gasteiger partial charge in [0.2, 0.25) is 0 Å². The van der Waals surface area contributed by atoms with Gasteiger partial charge in [0.25, 0.3) is 0 Å². The molecule has 2 unspecified atom stereocenters. The van der Waals surface area contributed by atoms with Gasteiger partial charge in [0.1, 0.15) is 5.75 Å². The molecule has 2 aromatic carbocycles. The number of ether oxygens (including phenoxy) is 1. The van der Waals surface area contributed by atoms with Crippen molar-refractivity contribution in [2.45, 2.75) is 33.1 Å². The second-order valence-corrected chi connectivity index (χ2v) is 7.66. The highest BCUT2D eigenvalue weighted by atomic mass is 16.5. The zero-order chi connectivity index (χ0) is 16.7. The quantitative estimate of drug-likeness (QED) is 0.705. The predicted octanol–water partition coefficient (Wildman–Crippen LogP) is 5.70. The number of para-hydroxylation sites is 1. The van der Waals surface area contributed by atoms with E-state index in [4.69, 9.17) is 4.74 Å². The van der Waals surface area contributed by atoms with Gasteiger partial charge in [0, 0.05) is 17.4 Å². The lowest BCUT2D eigenvalue weighted by atomic mass is 9.68. The van der Waals surface area contributed by atoms with Crippen molar-refractivity contribution in [3.8, 4) is 5.75 Å². The van der Waals surface area contributed by atoms with Crippen LogP contribution >= 0.6 is 0 Å². The van der Waals surface area contributed by atoms with Crippen LogP contribution in [0, 0.1) is 29.1 Å². The van der Waals surface area contributed by atoms with E-state index in [2.05, 4.69) is 68.4 Å². The molecule has 0 spiro atoms. The minimum Gasteiger partial charge on any atom is -0.496 e. The Labute approximate surface area is 146 Å². The Kier molecular flexibility index (Phi) is 3.90. The Bertz CT molecular complexity index is 703. The second kappa shape index (κ2) is 5.95. The first-order valence-corrected chi connectivity index (χ1v) is 9.08. The van der Waals surface area contributed by atoms with Crippen LogP contribution in [0.15, 0.2) is 54.6 Å². The molecule has 0 aliphatic heterocycles. The standard InChI is InChI=1S/C23H26O/c1-23(2)21(16-10-5-4-6-11-16)17-13-9-14-18(17)22(23)19-12-7-8-15-20(19)24-3/h4-8,10-12,15,17-18H,9,13-14H2,1-3H3. The van der Waals surface area contributed by atoms with Crippen molar-refractivity contribution in [2.24, 2.45) is 17.3 Å². The SMILES string of the molecule is COc1ccccc1[C]1C2CCCC2[C](c2ccccc2)C1(C)C. The van der Waals surface area contributed by atoms with Crippen molar-refractivity contribution in [2.75, 3.05) is 7.11 Å². The van der Waals surface area contributed by atoms with Crippen molar-refractivity contribution in [1.82, 2.24) is 0 Å². The molecular formula is C23H26O. The van der Waals surface area contributed by atoms with Crippen molar-refractivity contribution in [3.63, 3.8) is 0 Å². The monoisotopic (exact) mass is 318 g/mol. The molecule has 0 saturated heterocycles. The summed E-state index contributed by atoms with van der Waals surface area (Å²) in [5.41, 5.74) is 2.81. The van der Waals surface area contributed by atoms with Gasteiger partial charge in [-0.1, -0.05) is 68.8 Å². The molecule has 4 rings (SSSR count). The highest BCUT2D eigenvalue weighted by Gasteiger charge is 2.58. The normalized spacial score (nSPS) is 26.5. The van der Waals surface area contributed by atoms with E-state index in [-0.39, 0.29) is 5.41 Å². The van der Waals surface area contributed by atoms with Crippen LogP contribution in [0.5, 0.6) is 5.75 Å². The number of rotatable bonds is 3. The summed E-state index contributed by atoms with van der Waals surface area (Å²) in [5, 5.41) is 0. The minimum atomic E-state index is 0.0751. The fraction of sp³-hybridized carbons (Fsp3) is 0.391. The lowest BCUT2D eigenvalue weighted by Crippen LogP contribution is -2.27. The Morgan fingerprint density at radius 2 is 1.46 bits per heavy atom. The molecule has 0 aromatic heterocycles. The maximum atomic E-state index is 5.71. The van der Waals surface area contributed by atoms with Gasteiger partial charge in [0.15, 0.2) is 0 Å². The van der Waals surface area contributed by atoms with Gasteiger partial charge in [-0.3, -0.25) is 0 Å². The molecule has 1 heteroatoms. The molecule has 2 aliphatic rings. The highest BCUT2D eigenvalue weighted by molar-refractivity contribution is 5.56. The molecular weight excluding hydrogens is 292 g/mol. The first kappa shape index (κ1) is 15.7. The molecule has 2 aliphatic carbocycles. The molecule has 124 valence electrons. The molecule has 0 amide bonds. The van der Waals surface area contributed by atoms with Gasteiger partial charge in [0.05, 0.1) is 7.11 Å². The summed E-state index contributed by atoms with van der Waals surface area (Å²) in [5.74, 6) is 5.57. The van der Waals surface area contributed by atoms with Gasteiger partial charge in [-0.15, -0.1) is 0 Å². The van der Waals surface area contributed by atoms with Crippen molar-refractivity contribution < 1.29 is 4.74 Å². The van der Waals surface area contributed by atoms with Gasteiger partial charge in [-0.25, -0.2) is 0 Å². The van der Waals surface area contributed by atoms with Crippen molar-refractivity contribution in [3.05, 3.63) is 77.6 Å². The van der Waals surface area contributed by atoms with E-state index >= 15 is 0 Å². The smallest absolute Gasteiger partial charge is 0.122 e. The van der Waals surface area contributed by atoms with Crippen LogP contribution in [0.2, 0.25) is 0 Å². The zero-order valence-electron chi connectivity index (χ0n) is 14.9. The zero-order valence-corrected chi connectivity index (χ0v) is 14.9. The van der Waals surface area contributed by atoms with Crippen LogP contribution in [0.3, 0.4) is 0 Å². The van der Waals surface area contributed by atoms with Gasteiger partial charge >= 0.3 is 0 Å². The second-order valence-electron chi connectivity index (χ2n) is 7.66. The Balaban J connectivity index is 1.83. The van der Waals surface area contributed by atoms with E-state index in [9.17, 15) is 0 Å². The largest absolute Gasteiger partial charge is 0.496 e. The van der Waals surface area contributed by atoms with Gasteiger partial charge in [-0.05, 0) is 41.7 Å². The molecule has 0 bridgehead atoms. The van der Waals surface area contributed by atoms with Crippen LogP contribution in [-0.2, 0) is 0 Å². The molecule has 2 fully saturated rings. The third-order valence-corrected chi connectivity index (χ3v) is 6.09. The van der Waals surface area contributed by atoms with E-state index in [1.165, 1.54) is 30.4 Å². The highest BCUT2D eigenvalue weighted by Crippen LogP contribution is 2.66. The minimum absolute atomic E-state index is 0.0751. The van der Waals surface area contributed by atoms with Gasteiger partial charge in [-0.2, -0.15) is 0 Å². The first-order chi connectivity index (χ1) is 11.6. The molecule has 24 heavy (non-hydrogen) atoms. The summed E-state index contributed by atoms with van der Waals surface area (Å²) in [6.07, 6.45) is 3.95. The molecule has 0 N–H and O–H groups in total. The Morgan fingerprint density at radius 1 is 0.833 bits per heavy atom. The molecule has 2 saturated carbocycles. The summed E-state index contributed by atoms with van der Waals surface area (Å²) in [7, 11) is 1.79. The third-order valence-electron chi connectivity index (χ3n) is 6.09. The molecule has 2 atom stereocenters.